The van der Waals surface area contributed by atoms with Gasteiger partial charge in [0.25, 0.3) is 11.8 Å². The highest BCUT2D eigenvalue weighted by Gasteiger charge is 2.45. The largest absolute Gasteiger partial charge is 0.444 e. The number of likely N-dealkylation sites (N-methyl/N-ethyl adjacent to an activating group) is 1. The lowest BCUT2D eigenvalue weighted by atomic mass is 9.82. The summed E-state index contributed by atoms with van der Waals surface area (Å²) in [5.41, 5.74) is 2.86. The molecule has 1 aromatic heterocycles. The third kappa shape index (κ3) is 7.56. The summed E-state index contributed by atoms with van der Waals surface area (Å²) in [4.78, 5) is 47.4. The van der Waals surface area contributed by atoms with Crippen LogP contribution in [0.5, 0.6) is 0 Å². The SMILES string of the molecule is C/C=C(\CN1CCN(C2COC2)CC1)C(=O)Nc1cccc([C@@H]2c3cnn(-c4ccccc4)c3N(CC)C(=O)[C@H]2NC(=O)OC(C)(C)C)c1. The van der Waals surface area contributed by atoms with Gasteiger partial charge in [0.2, 0.25) is 0 Å². The number of alkyl carbamates (subject to hydrolysis) is 1. The highest BCUT2D eigenvalue weighted by Crippen LogP contribution is 2.42. The van der Waals surface area contributed by atoms with Crippen LogP contribution in [0.15, 0.2) is 72.4 Å². The monoisotopic (exact) mass is 669 g/mol. The van der Waals surface area contributed by atoms with Crippen LogP contribution in [-0.2, 0) is 19.1 Å². The Hall–Kier alpha value is -4.52. The standard InChI is InChI=1S/C37H47N7O5/c1-6-25(22-41-16-18-42(19-17-41)29-23-48-24-29)33(45)39-27-13-11-12-26(20-27)31-30-21-38-44(28-14-9-8-10-15-28)34(30)43(7-2)35(46)32(31)40-36(47)49-37(3,4)5/h6,8-15,20-21,29,31-32H,7,16-19,22-24H2,1-5H3,(H,39,45)(H,40,47)/b25-6+/t31-,32+/m1/s1. The van der Waals surface area contributed by atoms with E-state index >= 15 is 0 Å². The molecule has 12 heteroatoms. The first-order valence-electron chi connectivity index (χ1n) is 17.1. The Morgan fingerprint density at radius 2 is 1.78 bits per heavy atom. The maximum atomic E-state index is 14.3. The first-order chi connectivity index (χ1) is 23.6. The maximum absolute atomic E-state index is 14.3. The van der Waals surface area contributed by atoms with E-state index in [0.717, 1.165) is 56.2 Å². The van der Waals surface area contributed by atoms with Gasteiger partial charge in [-0.1, -0.05) is 36.4 Å². The van der Waals surface area contributed by atoms with Crippen LogP contribution in [0, 0.1) is 0 Å². The molecule has 3 aliphatic rings. The second-order valence-corrected chi connectivity index (χ2v) is 13.8. The first-order valence-corrected chi connectivity index (χ1v) is 17.1. The van der Waals surface area contributed by atoms with Crippen molar-refractivity contribution in [1.29, 1.82) is 0 Å². The summed E-state index contributed by atoms with van der Waals surface area (Å²) in [6, 6.07) is 16.7. The third-order valence-electron chi connectivity index (χ3n) is 9.30. The molecule has 2 aromatic carbocycles. The third-order valence-corrected chi connectivity index (χ3v) is 9.30. The molecule has 49 heavy (non-hydrogen) atoms. The molecule has 0 radical (unpaired) electrons. The van der Waals surface area contributed by atoms with E-state index in [1.54, 1.807) is 36.5 Å². The van der Waals surface area contributed by atoms with Crippen LogP contribution in [0.3, 0.4) is 0 Å². The van der Waals surface area contributed by atoms with Crippen molar-refractivity contribution in [2.75, 3.05) is 62.7 Å². The molecule has 4 heterocycles. The van der Waals surface area contributed by atoms with Crippen molar-refractivity contribution < 1.29 is 23.9 Å². The van der Waals surface area contributed by atoms with E-state index in [1.807, 2.05) is 74.5 Å². The summed E-state index contributed by atoms with van der Waals surface area (Å²) in [6.07, 6.45) is 2.94. The molecule has 0 aliphatic carbocycles. The van der Waals surface area contributed by atoms with Crippen LogP contribution in [0.1, 0.15) is 51.7 Å². The Bertz CT molecular complexity index is 1690. The molecule has 0 spiro atoms. The summed E-state index contributed by atoms with van der Waals surface area (Å²) >= 11 is 0. The van der Waals surface area contributed by atoms with E-state index in [9.17, 15) is 14.4 Å². The number of carbonyl (C=O) groups excluding carboxylic acids is 3. The first kappa shape index (κ1) is 34.3. The van der Waals surface area contributed by atoms with Gasteiger partial charge in [-0.05, 0) is 64.4 Å². The van der Waals surface area contributed by atoms with E-state index in [4.69, 9.17) is 14.6 Å². The van der Waals surface area contributed by atoms with Crippen LogP contribution in [0.25, 0.3) is 5.69 Å². The van der Waals surface area contributed by atoms with Crippen molar-refractivity contribution in [3.8, 4) is 5.69 Å². The topological polar surface area (TPSA) is 121 Å². The van der Waals surface area contributed by atoms with Gasteiger partial charge in [-0.25, -0.2) is 9.48 Å². The fourth-order valence-electron chi connectivity index (χ4n) is 6.73. The van der Waals surface area contributed by atoms with Gasteiger partial charge in [0.05, 0.1) is 31.1 Å². The lowest BCUT2D eigenvalue weighted by Gasteiger charge is -2.42. The number of para-hydroxylation sites is 1. The summed E-state index contributed by atoms with van der Waals surface area (Å²) in [6.45, 7) is 15.4. The normalized spacial score (nSPS) is 20.8. The van der Waals surface area contributed by atoms with Gasteiger partial charge in [0.1, 0.15) is 17.5 Å². The van der Waals surface area contributed by atoms with E-state index in [-0.39, 0.29) is 11.8 Å². The molecule has 6 rings (SSSR count). The van der Waals surface area contributed by atoms with E-state index in [1.165, 1.54) is 0 Å². The highest BCUT2D eigenvalue weighted by molar-refractivity contribution is 6.04. The fraction of sp³-hybridized carbons (Fsp3) is 0.459. The molecule has 0 unspecified atom stereocenters. The quantitative estimate of drug-likeness (QED) is 0.326. The van der Waals surface area contributed by atoms with E-state index in [0.29, 0.717) is 36.2 Å². The number of ether oxygens (including phenoxy) is 2. The summed E-state index contributed by atoms with van der Waals surface area (Å²) in [5.74, 6) is -0.418. The minimum Gasteiger partial charge on any atom is -0.444 e. The molecule has 2 saturated heterocycles. The van der Waals surface area contributed by atoms with Crippen LogP contribution >= 0.6 is 0 Å². The number of piperazine rings is 1. The molecule has 2 fully saturated rings. The maximum Gasteiger partial charge on any atom is 0.408 e. The van der Waals surface area contributed by atoms with Crippen LogP contribution in [0.4, 0.5) is 16.3 Å². The lowest BCUT2D eigenvalue weighted by Crippen LogP contribution is -2.56. The number of fused-ring (bicyclic) bond motifs is 1. The Balaban J connectivity index is 1.27. The number of hydrogen-bond donors (Lipinski definition) is 2. The molecule has 2 atom stereocenters. The number of amides is 3. The lowest BCUT2D eigenvalue weighted by molar-refractivity contribution is -0.121. The number of anilines is 2. The fourth-order valence-corrected chi connectivity index (χ4v) is 6.73. The van der Waals surface area contributed by atoms with Gasteiger partial charge in [0.15, 0.2) is 0 Å². The van der Waals surface area contributed by atoms with Gasteiger partial charge >= 0.3 is 6.09 Å². The minimum absolute atomic E-state index is 0.174. The summed E-state index contributed by atoms with van der Waals surface area (Å²) in [5, 5.41) is 10.7. The van der Waals surface area contributed by atoms with Crippen LogP contribution < -0.4 is 15.5 Å². The zero-order valence-corrected chi connectivity index (χ0v) is 29.0. The molecular formula is C37H47N7O5. The smallest absolute Gasteiger partial charge is 0.408 e. The highest BCUT2D eigenvalue weighted by atomic mass is 16.6. The van der Waals surface area contributed by atoms with Crippen molar-refractivity contribution in [3.63, 3.8) is 0 Å². The van der Waals surface area contributed by atoms with E-state index in [2.05, 4.69) is 20.4 Å². The summed E-state index contributed by atoms with van der Waals surface area (Å²) < 4.78 is 12.7. The van der Waals surface area contributed by atoms with E-state index < -0.39 is 23.7 Å². The van der Waals surface area contributed by atoms with Crippen molar-refractivity contribution in [1.82, 2.24) is 24.9 Å². The van der Waals surface area contributed by atoms with Crippen LogP contribution in [0.2, 0.25) is 0 Å². The molecule has 260 valence electrons. The van der Waals surface area contributed by atoms with Crippen molar-refractivity contribution >= 4 is 29.4 Å². The second-order valence-electron chi connectivity index (χ2n) is 13.8. The van der Waals surface area contributed by atoms with Gasteiger partial charge in [-0.2, -0.15) is 5.10 Å². The van der Waals surface area contributed by atoms with Gasteiger partial charge in [0, 0.05) is 62.0 Å². The molecule has 3 aromatic rings. The van der Waals surface area contributed by atoms with Crippen molar-refractivity contribution in [3.05, 3.63) is 83.6 Å². The number of rotatable bonds is 9. The number of benzene rings is 2. The van der Waals surface area contributed by atoms with Gasteiger partial charge < -0.3 is 20.1 Å². The second kappa shape index (κ2) is 14.5. The average molecular weight is 670 g/mol. The number of allylic oxidation sites excluding steroid dienone is 1. The zero-order chi connectivity index (χ0) is 34.7. The number of hydrogen-bond acceptors (Lipinski definition) is 8. The Labute approximate surface area is 288 Å². The molecular weight excluding hydrogens is 622 g/mol. The number of nitrogens with zero attached hydrogens (tertiary/aromatic N) is 5. The minimum atomic E-state index is -0.974. The molecule has 0 saturated carbocycles. The molecule has 3 aliphatic heterocycles. The van der Waals surface area contributed by atoms with Crippen molar-refractivity contribution in [2.24, 2.45) is 0 Å². The average Bonchev–Trinajstić information content (AvgIpc) is 3.48. The molecule has 3 amide bonds. The number of carbonyl (C=O) groups is 3. The Kier molecular flexibility index (Phi) is 10.2. The van der Waals surface area contributed by atoms with Crippen molar-refractivity contribution in [2.45, 2.75) is 58.2 Å². The summed E-state index contributed by atoms with van der Waals surface area (Å²) in [7, 11) is 0. The van der Waals surface area contributed by atoms with Crippen LogP contribution in [-0.4, -0.2) is 108 Å². The molecule has 2 N–H and O–H groups in total. The number of nitrogens with one attached hydrogen (secondary N) is 2. The Morgan fingerprint density at radius 3 is 2.41 bits per heavy atom. The number of aromatic nitrogens is 2. The van der Waals surface area contributed by atoms with Gasteiger partial charge in [-0.3, -0.25) is 24.3 Å². The van der Waals surface area contributed by atoms with Gasteiger partial charge in [-0.15, -0.1) is 0 Å². The Morgan fingerprint density at radius 1 is 1.04 bits per heavy atom. The predicted octanol–water partition coefficient (Wildman–Crippen LogP) is 4.17. The molecule has 12 nitrogen and oxygen atoms in total. The zero-order valence-electron chi connectivity index (χ0n) is 29.0. The molecule has 0 bridgehead atoms. The predicted molar refractivity (Wildman–Crippen MR) is 188 cm³/mol.